The molecule has 0 bridgehead atoms. The summed E-state index contributed by atoms with van der Waals surface area (Å²) in [6.45, 7) is 3.28. The number of hydrogen-bond donors (Lipinski definition) is 4. The maximum atomic E-state index is 12.9. The molecule has 0 aliphatic heterocycles. The molecule has 0 spiro atoms. The number of anilines is 2. The van der Waals surface area contributed by atoms with E-state index in [2.05, 4.69) is 26.2 Å². The highest BCUT2D eigenvalue weighted by atomic mass is 32.1. The molecule has 2 aliphatic carbocycles. The molecule has 0 saturated heterocycles. The van der Waals surface area contributed by atoms with Crippen molar-refractivity contribution in [2.75, 3.05) is 24.7 Å². The van der Waals surface area contributed by atoms with E-state index in [1.54, 1.807) is 26.0 Å². The first-order valence-electron chi connectivity index (χ1n) is 15.2. The van der Waals surface area contributed by atoms with Crippen LogP contribution >= 0.6 is 24.4 Å². The molecule has 4 rings (SSSR count). The highest BCUT2D eigenvalue weighted by Crippen LogP contribution is 2.33. The summed E-state index contributed by atoms with van der Waals surface area (Å²) in [6, 6.07) is 8.66. The van der Waals surface area contributed by atoms with E-state index >= 15 is 0 Å². The number of benzene rings is 2. The maximum absolute atomic E-state index is 12.9. The molecule has 2 aromatic carbocycles. The van der Waals surface area contributed by atoms with Gasteiger partial charge in [0.15, 0.2) is 10.2 Å². The lowest BCUT2D eigenvalue weighted by molar-refractivity contribution is -0.138. The standard InChI is InChI=1S/C17H24F3N3S.C15H19F3N2S/c1-11-8-12(17(18,19)20)10-13(9-11)21-16(24)22-14-6-4-5-7-15(14)23(2)3;1-10-7-11(15(16,17)18)9-13(8-10)20-14(21)19-12-5-3-2-4-6-12/h8-10,14-15H,4-7H2,1-3H3,(H2,21,22,24);7-9,12H,2-6H2,1H3,(H2,19,20,21). The van der Waals surface area contributed by atoms with Gasteiger partial charge < -0.3 is 26.2 Å². The molecule has 45 heavy (non-hydrogen) atoms. The number of rotatable bonds is 5. The molecule has 2 fully saturated rings. The first kappa shape index (κ1) is 36.8. The lowest BCUT2D eigenvalue weighted by atomic mass is 9.90. The monoisotopic (exact) mass is 675 g/mol. The molecule has 2 unspecified atom stereocenters. The third-order valence-corrected chi connectivity index (χ3v) is 8.41. The second-order valence-corrected chi connectivity index (χ2v) is 12.9. The van der Waals surface area contributed by atoms with Crippen LogP contribution < -0.4 is 21.3 Å². The van der Waals surface area contributed by atoms with Crippen molar-refractivity contribution >= 4 is 46.0 Å². The smallest absolute Gasteiger partial charge is 0.360 e. The Hall–Kier alpha value is -2.64. The zero-order valence-electron chi connectivity index (χ0n) is 26.1. The summed E-state index contributed by atoms with van der Waals surface area (Å²) in [5.74, 6) is 0. The number of halogens is 6. The van der Waals surface area contributed by atoms with Gasteiger partial charge in [-0.25, -0.2) is 0 Å². The Bertz CT molecular complexity index is 1290. The molecule has 2 atom stereocenters. The Balaban J connectivity index is 0.000000248. The van der Waals surface area contributed by atoms with Gasteiger partial charge in [-0.3, -0.25) is 0 Å². The Morgan fingerprint density at radius 3 is 1.56 bits per heavy atom. The average Bonchev–Trinajstić information content (AvgIpc) is 2.92. The van der Waals surface area contributed by atoms with Gasteiger partial charge in [0.2, 0.25) is 0 Å². The van der Waals surface area contributed by atoms with Crippen LogP contribution in [-0.2, 0) is 12.4 Å². The third-order valence-electron chi connectivity index (χ3n) is 7.97. The first-order chi connectivity index (χ1) is 21.0. The van der Waals surface area contributed by atoms with Gasteiger partial charge in [-0.2, -0.15) is 26.3 Å². The third kappa shape index (κ3) is 12.2. The molecule has 5 nitrogen and oxygen atoms in total. The van der Waals surface area contributed by atoms with Crippen LogP contribution in [0.4, 0.5) is 37.7 Å². The van der Waals surface area contributed by atoms with Crippen molar-refractivity contribution < 1.29 is 26.3 Å². The second kappa shape index (κ2) is 16.3. The van der Waals surface area contributed by atoms with Gasteiger partial charge in [-0.15, -0.1) is 0 Å². The summed E-state index contributed by atoms with van der Waals surface area (Å²) < 4.78 is 77.1. The number of hydrogen-bond acceptors (Lipinski definition) is 3. The van der Waals surface area contributed by atoms with E-state index in [-0.39, 0.29) is 6.04 Å². The molecule has 0 radical (unpaired) electrons. The molecule has 13 heteroatoms. The number of thiocarbonyl (C=S) groups is 2. The quantitative estimate of drug-likeness (QED) is 0.187. The van der Waals surface area contributed by atoms with Crippen molar-refractivity contribution in [3.8, 4) is 0 Å². The topological polar surface area (TPSA) is 51.4 Å². The number of nitrogens with one attached hydrogen (secondary N) is 4. The van der Waals surface area contributed by atoms with Gasteiger partial charge >= 0.3 is 12.4 Å². The van der Waals surface area contributed by atoms with E-state index in [1.165, 1.54) is 25.7 Å². The van der Waals surface area contributed by atoms with Crippen LogP contribution in [0.15, 0.2) is 36.4 Å². The Labute approximate surface area is 272 Å². The van der Waals surface area contributed by atoms with Crippen molar-refractivity contribution in [1.29, 1.82) is 0 Å². The van der Waals surface area contributed by atoms with Crippen LogP contribution in [0.2, 0.25) is 0 Å². The fourth-order valence-corrected chi connectivity index (χ4v) is 6.42. The number of alkyl halides is 6. The zero-order chi connectivity index (χ0) is 33.4. The van der Waals surface area contributed by atoms with E-state index in [9.17, 15) is 26.3 Å². The van der Waals surface area contributed by atoms with Crippen LogP contribution in [0.3, 0.4) is 0 Å². The van der Waals surface area contributed by atoms with Crippen LogP contribution in [0.1, 0.15) is 80.0 Å². The molecule has 2 aromatic rings. The second-order valence-electron chi connectivity index (χ2n) is 12.1. The van der Waals surface area contributed by atoms with E-state index in [0.717, 1.165) is 56.4 Å². The average molecular weight is 676 g/mol. The molecule has 2 aliphatic rings. The van der Waals surface area contributed by atoms with E-state index < -0.39 is 23.5 Å². The predicted octanol–water partition coefficient (Wildman–Crippen LogP) is 8.81. The largest absolute Gasteiger partial charge is 0.416 e. The predicted molar refractivity (Wildman–Crippen MR) is 178 cm³/mol. The van der Waals surface area contributed by atoms with Gasteiger partial charge in [0.25, 0.3) is 0 Å². The summed E-state index contributed by atoms with van der Waals surface area (Å²) in [7, 11) is 4.08. The summed E-state index contributed by atoms with van der Waals surface area (Å²) in [5.41, 5.74) is 0.488. The molecule has 4 N–H and O–H groups in total. The molecule has 0 aromatic heterocycles. The number of aryl methyl sites for hydroxylation is 2. The van der Waals surface area contributed by atoms with Crippen LogP contribution in [-0.4, -0.2) is 47.3 Å². The van der Waals surface area contributed by atoms with Gasteiger partial charge in [-0.05, 0) is 126 Å². The van der Waals surface area contributed by atoms with Gasteiger partial charge in [0.05, 0.1) is 11.1 Å². The normalized spacial score (nSPS) is 19.3. The molecule has 0 heterocycles. The van der Waals surface area contributed by atoms with Crippen molar-refractivity contribution in [3.63, 3.8) is 0 Å². The lowest BCUT2D eigenvalue weighted by Crippen LogP contribution is -2.52. The van der Waals surface area contributed by atoms with Gasteiger partial charge in [0.1, 0.15) is 0 Å². The van der Waals surface area contributed by atoms with Gasteiger partial charge in [0, 0.05) is 29.5 Å². The Kier molecular flexibility index (Phi) is 13.3. The summed E-state index contributed by atoms with van der Waals surface area (Å²) >= 11 is 10.5. The van der Waals surface area contributed by atoms with Crippen LogP contribution in [0, 0.1) is 13.8 Å². The number of likely N-dealkylation sites (N-methyl/N-ethyl adjacent to an activating group) is 1. The number of nitrogens with zero attached hydrogens (tertiary/aromatic N) is 1. The highest BCUT2D eigenvalue weighted by molar-refractivity contribution is 7.80. The van der Waals surface area contributed by atoms with E-state index in [1.807, 2.05) is 14.1 Å². The fourth-order valence-electron chi connectivity index (χ4n) is 5.87. The minimum atomic E-state index is -4.36. The molecule has 250 valence electrons. The highest BCUT2D eigenvalue weighted by Gasteiger charge is 2.32. The maximum Gasteiger partial charge on any atom is 0.416 e. The fraction of sp³-hybridized carbons (Fsp3) is 0.562. The van der Waals surface area contributed by atoms with Crippen molar-refractivity contribution in [3.05, 3.63) is 58.7 Å². The summed E-state index contributed by atoms with van der Waals surface area (Å²) in [4.78, 5) is 2.17. The van der Waals surface area contributed by atoms with Crippen LogP contribution in [0.25, 0.3) is 0 Å². The lowest BCUT2D eigenvalue weighted by Gasteiger charge is -2.37. The molecular weight excluding hydrogens is 633 g/mol. The summed E-state index contributed by atoms with van der Waals surface area (Å²) in [5, 5.41) is 13.0. The van der Waals surface area contributed by atoms with Crippen LogP contribution in [0.5, 0.6) is 0 Å². The molecule has 0 amide bonds. The van der Waals surface area contributed by atoms with E-state index in [0.29, 0.717) is 44.8 Å². The van der Waals surface area contributed by atoms with Crippen molar-refractivity contribution in [2.24, 2.45) is 0 Å². The Morgan fingerprint density at radius 2 is 1.09 bits per heavy atom. The molecular formula is C32H43F6N5S2. The zero-order valence-corrected chi connectivity index (χ0v) is 27.7. The minimum Gasteiger partial charge on any atom is -0.360 e. The van der Waals surface area contributed by atoms with Crippen molar-refractivity contribution in [2.45, 2.75) is 102 Å². The Morgan fingerprint density at radius 1 is 0.644 bits per heavy atom. The first-order valence-corrected chi connectivity index (χ1v) is 16.0. The minimum absolute atomic E-state index is 0.209. The summed E-state index contributed by atoms with van der Waals surface area (Å²) in [6.07, 6.45) is 1.41. The SMILES string of the molecule is Cc1cc(NC(=S)NC2CCCCC2)cc(C(F)(F)F)c1.Cc1cc(NC(=S)NC2CCCCC2N(C)C)cc(C(F)(F)F)c1. The van der Waals surface area contributed by atoms with Gasteiger partial charge in [-0.1, -0.05) is 32.1 Å². The molecule has 2 saturated carbocycles. The van der Waals surface area contributed by atoms with E-state index in [4.69, 9.17) is 24.4 Å². The van der Waals surface area contributed by atoms with Crippen molar-refractivity contribution in [1.82, 2.24) is 15.5 Å².